The number of hydrogen-bond donors (Lipinski definition) is 1. The Morgan fingerprint density at radius 2 is 1.64 bits per heavy atom. The number of fused-ring (bicyclic) bond motifs is 2. The highest BCUT2D eigenvalue weighted by Crippen LogP contribution is 2.48. The minimum Gasteiger partial charge on any atom is -0.355 e. The number of rotatable bonds is 4. The number of nitrogens with one attached hydrogen (secondary N) is 1. The van der Waals surface area contributed by atoms with Crippen molar-refractivity contribution in [2.75, 3.05) is 30.3 Å². The largest absolute Gasteiger partial charge is 0.355 e. The molecule has 9 heteroatoms. The summed E-state index contributed by atoms with van der Waals surface area (Å²) < 4.78 is 29.0. The fourth-order valence-electron chi connectivity index (χ4n) is 4.96. The van der Waals surface area contributed by atoms with Crippen LogP contribution >= 0.6 is 7.14 Å². The highest BCUT2D eigenvalue weighted by molar-refractivity contribution is 7.71. The van der Waals surface area contributed by atoms with E-state index in [0.717, 1.165) is 27.7 Å². The van der Waals surface area contributed by atoms with Gasteiger partial charge in [-0.25, -0.2) is 19.5 Å². The minimum absolute atomic E-state index is 0.248. The predicted molar refractivity (Wildman–Crippen MR) is 140 cm³/mol. The van der Waals surface area contributed by atoms with E-state index in [0.29, 0.717) is 48.2 Å². The molecule has 0 bridgehead atoms. The first kappa shape index (κ1) is 22.6. The van der Waals surface area contributed by atoms with Gasteiger partial charge in [0.25, 0.3) is 5.56 Å². The molecule has 3 aromatic carbocycles. The van der Waals surface area contributed by atoms with Gasteiger partial charge in [-0.05, 0) is 35.9 Å². The van der Waals surface area contributed by atoms with Crippen LogP contribution in [0, 0.1) is 5.82 Å². The van der Waals surface area contributed by atoms with Crippen molar-refractivity contribution in [3.05, 3.63) is 100 Å². The lowest BCUT2D eigenvalue weighted by molar-refractivity contribution is 0.571. The highest BCUT2D eigenvalue weighted by atomic mass is 31.2. The molecule has 0 amide bonds. The van der Waals surface area contributed by atoms with Crippen LogP contribution in [0.5, 0.6) is 0 Å². The van der Waals surface area contributed by atoms with Crippen molar-refractivity contribution < 1.29 is 8.96 Å². The van der Waals surface area contributed by atoms with E-state index >= 15 is 4.39 Å². The van der Waals surface area contributed by atoms with Gasteiger partial charge in [-0.15, -0.1) is 0 Å². The number of para-hydroxylation sites is 1. The van der Waals surface area contributed by atoms with Gasteiger partial charge in [-0.3, -0.25) is 4.79 Å². The maximum absolute atomic E-state index is 15.0. The second-order valence-corrected chi connectivity index (χ2v) is 12.2. The molecule has 36 heavy (non-hydrogen) atoms. The number of anilines is 1. The Morgan fingerprint density at radius 3 is 2.44 bits per heavy atom. The molecule has 180 valence electrons. The van der Waals surface area contributed by atoms with E-state index in [9.17, 15) is 9.36 Å². The summed E-state index contributed by atoms with van der Waals surface area (Å²) in [5, 5.41) is 9.33. The van der Waals surface area contributed by atoms with Crippen molar-refractivity contribution in [1.29, 1.82) is 0 Å². The standard InChI is InChI=1S/C27H23FN5O2P/c28-22-10-9-18(15-24-19-5-1-2-6-20(19)27(34)32-31-24)16-25(22)36(35)13-11-33(12-14-36)26-21-7-3-4-8-23(21)29-17-30-26/h1-10,16-17H,11-15H2,(H,32,34). The molecule has 3 heterocycles. The number of aromatic nitrogens is 4. The lowest BCUT2D eigenvalue weighted by Crippen LogP contribution is -2.38. The third-order valence-electron chi connectivity index (χ3n) is 6.88. The van der Waals surface area contributed by atoms with Gasteiger partial charge in [0, 0.05) is 47.9 Å². The van der Waals surface area contributed by atoms with E-state index in [1.54, 1.807) is 30.6 Å². The number of halogens is 1. The molecule has 0 radical (unpaired) electrons. The zero-order chi connectivity index (χ0) is 24.7. The van der Waals surface area contributed by atoms with Crippen LogP contribution in [0.25, 0.3) is 21.7 Å². The molecule has 6 rings (SSSR count). The molecule has 0 aliphatic carbocycles. The van der Waals surface area contributed by atoms with Gasteiger partial charge in [-0.1, -0.05) is 36.4 Å². The number of hydrogen-bond acceptors (Lipinski definition) is 6. The van der Waals surface area contributed by atoms with Crippen LogP contribution in [-0.4, -0.2) is 45.6 Å². The van der Waals surface area contributed by atoms with Crippen molar-refractivity contribution in [1.82, 2.24) is 20.2 Å². The van der Waals surface area contributed by atoms with E-state index in [1.807, 2.05) is 36.4 Å². The average molecular weight is 499 g/mol. The van der Waals surface area contributed by atoms with Crippen molar-refractivity contribution in [3.63, 3.8) is 0 Å². The van der Waals surface area contributed by atoms with Gasteiger partial charge in [-0.2, -0.15) is 5.10 Å². The average Bonchev–Trinajstić information content (AvgIpc) is 2.91. The van der Waals surface area contributed by atoms with Gasteiger partial charge in [0.2, 0.25) is 0 Å². The summed E-state index contributed by atoms with van der Waals surface area (Å²) in [4.78, 5) is 23.0. The Labute approximate surface area is 206 Å². The smallest absolute Gasteiger partial charge is 0.272 e. The summed E-state index contributed by atoms with van der Waals surface area (Å²) in [5.74, 6) is 0.374. The second kappa shape index (κ2) is 8.95. The van der Waals surface area contributed by atoms with Crippen LogP contribution in [0.4, 0.5) is 10.2 Å². The zero-order valence-corrected chi connectivity index (χ0v) is 20.3. The molecule has 0 saturated carbocycles. The van der Waals surface area contributed by atoms with Gasteiger partial charge in [0.05, 0.1) is 16.6 Å². The van der Waals surface area contributed by atoms with Crippen molar-refractivity contribution in [2.24, 2.45) is 0 Å². The number of nitrogens with zero attached hydrogens (tertiary/aromatic N) is 4. The van der Waals surface area contributed by atoms with E-state index < -0.39 is 13.0 Å². The fraction of sp³-hybridized carbons (Fsp3) is 0.185. The molecule has 5 aromatic rings. The molecular weight excluding hydrogens is 476 g/mol. The molecule has 2 aromatic heterocycles. The minimum atomic E-state index is -2.95. The topological polar surface area (TPSA) is 91.8 Å². The second-order valence-electron chi connectivity index (χ2n) is 9.05. The quantitative estimate of drug-likeness (QED) is 0.375. The maximum atomic E-state index is 15.0. The molecule has 0 unspecified atom stereocenters. The molecule has 0 atom stereocenters. The van der Waals surface area contributed by atoms with E-state index in [4.69, 9.17) is 0 Å². The lowest BCUT2D eigenvalue weighted by Gasteiger charge is -2.34. The molecule has 1 saturated heterocycles. The summed E-state index contributed by atoms with van der Waals surface area (Å²) in [6.07, 6.45) is 2.67. The van der Waals surface area contributed by atoms with E-state index in [-0.39, 0.29) is 5.56 Å². The first-order valence-corrected chi connectivity index (χ1v) is 13.9. The number of aromatic amines is 1. The lowest BCUT2D eigenvalue weighted by atomic mass is 10.0. The SMILES string of the molecule is O=c1[nH]nc(Cc2ccc(F)c(P3(=O)CCN(c4ncnc5ccccc45)CC3)c2)c2ccccc12. The summed E-state index contributed by atoms with van der Waals surface area (Å²) in [7, 11) is -2.95. The normalized spacial score (nSPS) is 15.4. The highest BCUT2D eigenvalue weighted by Gasteiger charge is 2.34. The van der Waals surface area contributed by atoms with Crippen molar-refractivity contribution in [2.45, 2.75) is 6.42 Å². The van der Waals surface area contributed by atoms with Crippen molar-refractivity contribution in [3.8, 4) is 0 Å². The first-order valence-electron chi connectivity index (χ1n) is 11.8. The van der Waals surface area contributed by atoms with Crippen LogP contribution in [-0.2, 0) is 11.0 Å². The number of H-pyrrole nitrogens is 1. The van der Waals surface area contributed by atoms with Crippen LogP contribution < -0.4 is 15.8 Å². The molecule has 1 N–H and O–H groups in total. The number of benzene rings is 3. The third kappa shape index (κ3) is 3.97. The summed E-state index contributed by atoms with van der Waals surface area (Å²) in [6.45, 7) is 1.04. The molecule has 7 nitrogen and oxygen atoms in total. The molecule has 0 spiro atoms. The Bertz CT molecular complexity index is 1700. The predicted octanol–water partition coefficient (Wildman–Crippen LogP) is 4.10. The maximum Gasteiger partial charge on any atom is 0.272 e. The Balaban J connectivity index is 1.28. The molecular formula is C27H23FN5O2P. The van der Waals surface area contributed by atoms with E-state index in [2.05, 4.69) is 25.1 Å². The Morgan fingerprint density at radius 1 is 0.917 bits per heavy atom. The van der Waals surface area contributed by atoms with Crippen LogP contribution in [0.2, 0.25) is 0 Å². The van der Waals surface area contributed by atoms with Gasteiger partial charge in [0.15, 0.2) is 0 Å². The van der Waals surface area contributed by atoms with Crippen LogP contribution in [0.15, 0.2) is 77.9 Å². The Kier molecular flexibility index (Phi) is 5.61. The van der Waals surface area contributed by atoms with Crippen LogP contribution in [0.3, 0.4) is 0 Å². The van der Waals surface area contributed by atoms with Gasteiger partial charge < -0.3 is 9.46 Å². The third-order valence-corrected chi connectivity index (χ3v) is 9.95. The fourth-order valence-corrected chi connectivity index (χ4v) is 7.66. The Hall–Kier alpha value is -3.90. The van der Waals surface area contributed by atoms with E-state index in [1.165, 1.54) is 6.07 Å². The van der Waals surface area contributed by atoms with Gasteiger partial charge >= 0.3 is 0 Å². The molecule has 1 aliphatic heterocycles. The summed E-state index contributed by atoms with van der Waals surface area (Å²) in [6, 6.07) is 19.9. The summed E-state index contributed by atoms with van der Waals surface area (Å²) in [5.41, 5.74) is 2.10. The molecule has 1 fully saturated rings. The van der Waals surface area contributed by atoms with Crippen molar-refractivity contribution >= 4 is 39.9 Å². The first-order chi connectivity index (χ1) is 17.5. The monoisotopic (exact) mass is 499 g/mol. The van der Waals surface area contributed by atoms with Gasteiger partial charge in [0.1, 0.15) is 25.1 Å². The zero-order valence-electron chi connectivity index (χ0n) is 19.4. The molecule has 1 aliphatic rings. The summed E-state index contributed by atoms with van der Waals surface area (Å²) >= 11 is 0. The van der Waals surface area contributed by atoms with Crippen LogP contribution in [0.1, 0.15) is 11.3 Å².